The first-order chi connectivity index (χ1) is 8.29. The summed E-state index contributed by atoms with van der Waals surface area (Å²) in [4.78, 5) is 18.7. The van der Waals surface area contributed by atoms with Gasteiger partial charge in [-0.1, -0.05) is 17.8 Å². The van der Waals surface area contributed by atoms with E-state index in [4.69, 9.17) is 0 Å². The van der Waals surface area contributed by atoms with Crippen LogP contribution in [0, 0.1) is 12.8 Å². The Morgan fingerprint density at radius 1 is 1.35 bits per heavy atom. The standard InChI is InChI=1S/C13H18N2OS/c1-9-12(8-16)17-13(14-9)15-7-3-5-10-4-2-6-11(10)15/h8,10-11H,2-7H2,1H3. The van der Waals surface area contributed by atoms with Gasteiger partial charge >= 0.3 is 0 Å². The van der Waals surface area contributed by atoms with Crippen molar-refractivity contribution in [3.63, 3.8) is 0 Å². The predicted octanol–water partition coefficient (Wildman–Crippen LogP) is 3.03. The summed E-state index contributed by atoms with van der Waals surface area (Å²) < 4.78 is 0. The van der Waals surface area contributed by atoms with Crippen molar-refractivity contribution in [2.45, 2.75) is 45.1 Å². The summed E-state index contributed by atoms with van der Waals surface area (Å²) in [6, 6.07) is 0.689. The van der Waals surface area contributed by atoms with E-state index in [1.807, 2.05) is 6.92 Å². The Balaban J connectivity index is 1.88. The zero-order valence-electron chi connectivity index (χ0n) is 10.2. The Hall–Kier alpha value is -0.900. The quantitative estimate of drug-likeness (QED) is 0.756. The van der Waals surface area contributed by atoms with Crippen molar-refractivity contribution in [1.29, 1.82) is 0 Å². The molecule has 0 radical (unpaired) electrons. The van der Waals surface area contributed by atoms with Gasteiger partial charge in [-0.25, -0.2) is 4.98 Å². The molecular formula is C13H18N2OS. The van der Waals surface area contributed by atoms with Crippen LogP contribution < -0.4 is 4.90 Å². The van der Waals surface area contributed by atoms with Crippen LogP contribution in [0.1, 0.15) is 47.5 Å². The summed E-state index contributed by atoms with van der Waals surface area (Å²) in [6.07, 6.45) is 7.64. The highest BCUT2D eigenvalue weighted by Crippen LogP contribution is 2.40. The van der Waals surface area contributed by atoms with E-state index in [0.29, 0.717) is 6.04 Å². The topological polar surface area (TPSA) is 33.2 Å². The minimum Gasteiger partial charge on any atom is -0.345 e. The monoisotopic (exact) mass is 250 g/mol. The largest absolute Gasteiger partial charge is 0.345 e. The second-order valence-electron chi connectivity index (χ2n) is 5.16. The van der Waals surface area contributed by atoms with Crippen molar-refractivity contribution in [3.8, 4) is 0 Å². The highest BCUT2D eigenvalue weighted by atomic mass is 32.1. The summed E-state index contributed by atoms with van der Waals surface area (Å²) in [5.74, 6) is 0.868. The van der Waals surface area contributed by atoms with Crippen molar-refractivity contribution in [2.24, 2.45) is 5.92 Å². The molecular weight excluding hydrogens is 232 g/mol. The molecule has 0 spiro atoms. The van der Waals surface area contributed by atoms with E-state index in [2.05, 4.69) is 9.88 Å². The molecule has 3 rings (SSSR count). The Labute approximate surface area is 106 Å². The Morgan fingerprint density at radius 3 is 2.94 bits per heavy atom. The minimum absolute atomic E-state index is 0.689. The molecule has 4 heteroatoms. The summed E-state index contributed by atoms with van der Waals surface area (Å²) in [7, 11) is 0. The van der Waals surface area contributed by atoms with Gasteiger partial charge in [-0.2, -0.15) is 0 Å². The maximum atomic E-state index is 10.9. The zero-order valence-corrected chi connectivity index (χ0v) is 11.0. The van der Waals surface area contributed by atoms with Crippen LogP contribution in [0.3, 0.4) is 0 Å². The third-order valence-corrected chi connectivity index (χ3v) is 5.29. The van der Waals surface area contributed by atoms with Crippen LogP contribution in [0.5, 0.6) is 0 Å². The molecule has 0 bridgehead atoms. The number of nitrogens with zero attached hydrogens (tertiary/aromatic N) is 2. The lowest BCUT2D eigenvalue weighted by atomic mass is 9.92. The van der Waals surface area contributed by atoms with Crippen LogP contribution in [-0.2, 0) is 0 Å². The van der Waals surface area contributed by atoms with Crippen LogP contribution in [0.25, 0.3) is 0 Å². The fourth-order valence-electron chi connectivity index (χ4n) is 3.32. The van der Waals surface area contributed by atoms with Crippen LogP contribution in [0.4, 0.5) is 5.13 Å². The van der Waals surface area contributed by atoms with Crippen LogP contribution in [-0.4, -0.2) is 23.9 Å². The van der Waals surface area contributed by atoms with Crippen molar-refractivity contribution in [2.75, 3.05) is 11.4 Å². The second kappa shape index (κ2) is 4.41. The number of thiazole rings is 1. The number of hydrogen-bond donors (Lipinski definition) is 0. The number of hydrogen-bond acceptors (Lipinski definition) is 4. The maximum absolute atomic E-state index is 10.9. The number of aryl methyl sites for hydroxylation is 1. The molecule has 1 aromatic heterocycles. The molecule has 0 amide bonds. The first kappa shape index (κ1) is 11.2. The third kappa shape index (κ3) is 1.88. The average Bonchev–Trinajstić information content (AvgIpc) is 2.94. The molecule has 1 aliphatic heterocycles. The number of carbonyl (C=O) groups excluding carboxylic acids is 1. The molecule has 2 unspecified atom stereocenters. The van der Waals surface area contributed by atoms with Gasteiger partial charge in [0.25, 0.3) is 0 Å². The molecule has 2 heterocycles. The van der Waals surface area contributed by atoms with E-state index >= 15 is 0 Å². The minimum atomic E-state index is 0.689. The van der Waals surface area contributed by atoms with E-state index in [0.717, 1.165) is 34.5 Å². The van der Waals surface area contributed by atoms with E-state index in [1.54, 1.807) is 11.3 Å². The second-order valence-corrected chi connectivity index (χ2v) is 6.17. The van der Waals surface area contributed by atoms with Gasteiger partial charge in [-0.15, -0.1) is 0 Å². The van der Waals surface area contributed by atoms with Crippen molar-refractivity contribution >= 4 is 22.8 Å². The zero-order chi connectivity index (χ0) is 11.8. The lowest BCUT2D eigenvalue weighted by Gasteiger charge is -2.37. The number of fused-ring (bicyclic) bond motifs is 1. The first-order valence-electron chi connectivity index (χ1n) is 6.49. The van der Waals surface area contributed by atoms with E-state index in [9.17, 15) is 4.79 Å². The van der Waals surface area contributed by atoms with Crippen LogP contribution in [0.2, 0.25) is 0 Å². The smallest absolute Gasteiger partial charge is 0.186 e. The van der Waals surface area contributed by atoms with Gasteiger partial charge in [0.1, 0.15) is 0 Å². The number of aromatic nitrogens is 1. The van der Waals surface area contributed by atoms with Crippen molar-refractivity contribution in [1.82, 2.24) is 4.98 Å². The van der Waals surface area contributed by atoms with E-state index in [1.165, 1.54) is 32.1 Å². The summed E-state index contributed by atoms with van der Waals surface area (Å²) >= 11 is 1.56. The summed E-state index contributed by atoms with van der Waals surface area (Å²) in [5.41, 5.74) is 0.889. The molecule has 92 valence electrons. The van der Waals surface area contributed by atoms with Gasteiger partial charge in [-0.05, 0) is 38.5 Å². The normalized spacial score (nSPS) is 28.2. The van der Waals surface area contributed by atoms with Gasteiger partial charge in [0, 0.05) is 12.6 Å². The number of rotatable bonds is 2. The number of aldehydes is 1. The molecule has 2 atom stereocenters. The number of carbonyl (C=O) groups is 1. The molecule has 1 saturated heterocycles. The van der Waals surface area contributed by atoms with Gasteiger partial charge < -0.3 is 4.90 Å². The number of piperidine rings is 1. The van der Waals surface area contributed by atoms with Gasteiger partial charge in [0.2, 0.25) is 0 Å². The van der Waals surface area contributed by atoms with Gasteiger partial charge in [0.15, 0.2) is 11.4 Å². The van der Waals surface area contributed by atoms with Crippen LogP contribution in [0.15, 0.2) is 0 Å². The SMILES string of the molecule is Cc1nc(N2CCCC3CCCC32)sc1C=O. The Bertz CT molecular complexity index is 429. The maximum Gasteiger partial charge on any atom is 0.186 e. The molecule has 0 aromatic carbocycles. The molecule has 1 aliphatic carbocycles. The molecule has 17 heavy (non-hydrogen) atoms. The van der Waals surface area contributed by atoms with Crippen LogP contribution >= 0.6 is 11.3 Å². The number of anilines is 1. The first-order valence-corrected chi connectivity index (χ1v) is 7.30. The van der Waals surface area contributed by atoms with Crippen molar-refractivity contribution < 1.29 is 4.79 Å². The molecule has 1 saturated carbocycles. The highest BCUT2D eigenvalue weighted by molar-refractivity contribution is 7.17. The molecule has 0 N–H and O–H groups in total. The van der Waals surface area contributed by atoms with Gasteiger partial charge in [-0.3, -0.25) is 4.79 Å². The average molecular weight is 250 g/mol. The molecule has 3 nitrogen and oxygen atoms in total. The Kier molecular flexibility index (Phi) is 2.90. The van der Waals surface area contributed by atoms with E-state index < -0.39 is 0 Å². The Morgan fingerprint density at radius 2 is 2.18 bits per heavy atom. The highest BCUT2D eigenvalue weighted by Gasteiger charge is 2.36. The molecule has 2 fully saturated rings. The lowest BCUT2D eigenvalue weighted by molar-refractivity contribution is 0.112. The van der Waals surface area contributed by atoms with Gasteiger partial charge in [0.05, 0.1) is 10.6 Å². The van der Waals surface area contributed by atoms with Crippen molar-refractivity contribution in [3.05, 3.63) is 10.6 Å². The summed E-state index contributed by atoms with van der Waals surface area (Å²) in [5, 5.41) is 1.07. The van der Waals surface area contributed by atoms with E-state index in [-0.39, 0.29) is 0 Å². The summed E-state index contributed by atoms with van der Waals surface area (Å²) in [6.45, 7) is 3.05. The fourth-order valence-corrected chi connectivity index (χ4v) is 4.28. The lowest BCUT2D eigenvalue weighted by Crippen LogP contribution is -2.42. The molecule has 1 aromatic rings. The third-order valence-electron chi connectivity index (χ3n) is 4.17. The predicted molar refractivity (Wildman–Crippen MR) is 69.9 cm³/mol. The fraction of sp³-hybridized carbons (Fsp3) is 0.692. The molecule has 2 aliphatic rings.